The molecule has 12 heteroatoms. The van der Waals surface area contributed by atoms with E-state index in [1.165, 1.54) is 0 Å². The van der Waals surface area contributed by atoms with Crippen molar-refractivity contribution in [1.82, 2.24) is 20.7 Å². The molecular weight excluding hydrogens is 628 g/mol. The molecule has 2 aromatic carbocycles. The summed E-state index contributed by atoms with van der Waals surface area (Å²) >= 11 is 0. The molecule has 8 unspecified atom stereocenters. The number of hydrazine groups is 1. The van der Waals surface area contributed by atoms with Gasteiger partial charge in [-0.05, 0) is 54.9 Å². The quantitative estimate of drug-likeness (QED) is 0.240. The first-order valence-electron chi connectivity index (χ1n) is 17.2. The van der Waals surface area contributed by atoms with Crippen LogP contribution < -0.4 is 10.7 Å². The van der Waals surface area contributed by atoms with Crippen LogP contribution in [-0.4, -0.2) is 90.4 Å². The molecule has 2 amide bonds. The number of aromatic nitrogens is 1. The number of aliphatic hydroxyl groups is 1. The molecule has 3 saturated heterocycles. The molecular formula is C37H44N4O8. The molecule has 1 aliphatic carbocycles. The molecule has 0 spiro atoms. The van der Waals surface area contributed by atoms with Crippen molar-refractivity contribution < 1.29 is 38.4 Å². The highest BCUT2D eigenvalue weighted by molar-refractivity contribution is 5.68. The number of fused-ring (bicyclic) bond motifs is 2. The largest absolute Gasteiger partial charge is 0.445 e. The number of alkyl carbamates (subject to hydrolysis) is 1. The number of aliphatic hydroxyl groups excluding tert-OH is 1. The van der Waals surface area contributed by atoms with Crippen LogP contribution in [0.5, 0.6) is 0 Å². The maximum Gasteiger partial charge on any atom is 0.422 e. The fraction of sp³-hybridized carbons (Fsp3) is 0.486. The number of carbonyl (C=O) groups excluding carboxylic acids is 2. The topological polar surface area (TPSA) is 141 Å². The van der Waals surface area contributed by atoms with E-state index in [9.17, 15) is 14.7 Å². The molecule has 0 radical (unpaired) electrons. The maximum absolute atomic E-state index is 13.2. The summed E-state index contributed by atoms with van der Waals surface area (Å²) in [6.45, 7) is 1.87. The summed E-state index contributed by atoms with van der Waals surface area (Å²) in [5.41, 5.74) is 6.53. The zero-order chi connectivity index (χ0) is 33.6. The molecule has 3 aliphatic heterocycles. The lowest BCUT2D eigenvalue weighted by atomic mass is 10.0. The van der Waals surface area contributed by atoms with Gasteiger partial charge in [0.1, 0.15) is 12.2 Å². The van der Waals surface area contributed by atoms with Crippen LogP contribution in [0.3, 0.4) is 0 Å². The molecule has 8 atom stereocenters. The van der Waals surface area contributed by atoms with Crippen LogP contribution in [-0.2, 0) is 36.6 Å². The van der Waals surface area contributed by atoms with E-state index in [0.29, 0.717) is 25.4 Å². The number of rotatable bonds is 12. The minimum absolute atomic E-state index is 0.00101. The number of amides is 2. The minimum Gasteiger partial charge on any atom is -0.445 e. The monoisotopic (exact) mass is 672 g/mol. The van der Waals surface area contributed by atoms with Crippen molar-refractivity contribution in [3.8, 4) is 11.3 Å². The molecule has 3 N–H and O–H groups in total. The van der Waals surface area contributed by atoms with E-state index in [1.807, 2.05) is 72.8 Å². The molecule has 49 heavy (non-hydrogen) atoms. The third-order valence-electron chi connectivity index (χ3n) is 9.94. The van der Waals surface area contributed by atoms with E-state index in [0.717, 1.165) is 48.3 Å². The van der Waals surface area contributed by atoms with E-state index in [2.05, 4.69) is 15.7 Å². The average molecular weight is 673 g/mol. The minimum atomic E-state index is -1.09. The fourth-order valence-corrected chi connectivity index (χ4v) is 7.38. The number of hydrogen-bond donors (Lipinski definition) is 3. The summed E-state index contributed by atoms with van der Waals surface area (Å²) in [6.07, 6.45) is 2.10. The lowest BCUT2D eigenvalue weighted by Crippen LogP contribution is -2.53. The molecule has 7 rings (SSSR count). The zero-order valence-corrected chi connectivity index (χ0v) is 27.4. The third kappa shape index (κ3) is 8.57. The van der Waals surface area contributed by atoms with Gasteiger partial charge in [0.05, 0.1) is 43.1 Å². The van der Waals surface area contributed by atoms with Crippen LogP contribution in [0, 0.1) is 11.8 Å². The van der Waals surface area contributed by atoms with Gasteiger partial charge in [0.2, 0.25) is 0 Å². The lowest BCUT2D eigenvalue weighted by molar-refractivity contribution is -0.0907. The van der Waals surface area contributed by atoms with Gasteiger partial charge in [-0.3, -0.25) is 10.4 Å². The van der Waals surface area contributed by atoms with E-state index >= 15 is 0 Å². The second-order valence-corrected chi connectivity index (χ2v) is 13.3. The Morgan fingerprint density at radius 1 is 0.898 bits per heavy atom. The Hall–Kier alpha value is -4.07. The van der Waals surface area contributed by atoms with Gasteiger partial charge in [-0.15, -0.1) is 0 Å². The molecule has 1 aromatic heterocycles. The smallest absolute Gasteiger partial charge is 0.422 e. The van der Waals surface area contributed by atoms with Gasteiger partial charge in [0.15, 0.2) is 6.29 Å². The highest BCUT2D eigenvalue weighted by atomic mass is 16.7. The number of benzene rings is 2. The summed E-state index contributed by atoms with van der Waals surface area (Å²) in [5, 5.41) is 16.2. The fourth-order valence-electron chi connectivity index (χ4n) is 7.38. The highest BCUT2D eigenvalue weighted by Crippen LogP contribution is 2.37. The Bertz CT molecular complexity index is 1520. The highest BCUT2D eigenvalue weighted by Gasteiger charge is 2.44. The first kappa shape index (κ1) is 33.4. The average Bonchev–Trinajstić information content (AvgIpc) is 3.90. The number of nitrogens with zero attached hydrogens (tertiary/aromatic N) is 2. The molecule has 0 bridgehead atoms. The zero-order valence-electron chi connectivity index (χ0n) is 27.4. The summed E-state index contributed by atoms with van der Waals surface area (Å²) in [7, 11) is 0. The van der Waals surface area contributed by atoms with E-state index in [1.54, 1.807) is 11.2 Å². The SMILES string of the molecule is O=C(NN(Cc1ccc(-c2ccccn2)cc1)CC(O)C(Cc1ccccc1)NC(=O)OC1COC2OCCC12)OC1CC2CCOC2C1. The number of hydrogen-bond acceptors (Lipinski definition) is 10. The van der Waals surface area contributed by atoms with Crippen LogP contribution in [0.25, 0.3) is 11.3 Å². The second kappa shape index (κ2) is 15.6. The standard InChI is InChI=1S/C37H44N4O8/c42-32(31(18-24-6-2-1-3-7-24)39-36(43)49-34-23-47-35-29(34)14-17-46-35)22-41(40-37(44)48-28-19-27-13-16-45-33(27)20-28)21-25-9-11-26(12-10-25)30-8-4-5-15-38-30/h1-12,15,27-29,31-35,42H,13-14,16-23H2,(H,39,43)(H,40,44). The lowest BCUT2D eigenvalue weighted by Gasteiger charge is -2.31. The molecule has 4 aliphatic rings. The van der Waals surface area contributed by atoms with Crippen molar-refractivity contribution >= 4 is 12.2 Å². The first-order valence-corrected chi connectivity index (χ1v) is 17.2. The van der Waals surface area contributed by atoms with Crippen LogP contribution in [0.15, 0.2) is 79.0 Å². The Morgan fingerprint density at radius 2 is 1.71 bits per heavy atom. The van der Waals surface area contributed by atoms with Crippen molar-refractivity contribution in [3.63, 3.8) is 0 Å². The molecule has 4 heterocycles. The van der Waals surface area contributed by atoms with Crippen molar-refractivity contribution in [3.05, 3.63) is 90.1 Å². The van der Waals surface area contributed by atoms with E-state index in [4.69, 9.17) is 23.7 Å². The van der Waals surface area contributed by atoms with Crippen LogP contribution >= 0.6 is 0 Å². The number of pyridine rings is 1. The molecule has 12 nitrogen and oxygen atoms in total. The van der Waals surface area contributed by atoms with Gasteiger partial charge in [0, 0.05) is 37.9 Å². The Kier molecular flexibility index (Phi) is 10.7. The van der Waals surface area contributed by atoms with Crippen molar-refractivity contribution in [2.24, 2.45) is 11.8 Å². The van der Waals surface area contributed by atoms with E-state index in [-0.39, 0.29) is 44.1 Å². The van der Waals surface area contributed by atoms with Gasteiger partial charge in [0.25, 0.3) is 0 Å². The molecule has 1 saturated carbocycles. The van der Waals surface area contributed by atoms with Crippen molar-refractivity contribution in [1.29, 1.82) is 0 Å². The van der Waals surface area contributed by atoms with Gasteiger partial charge in [-0.25, -0.2) is 14.6 Å². The number of carbonyl (C=O) groups is 2. The second-order valence-electron chi connectivity index (χ2n) is 13.3. The Balaban J connectivity index is 1.04. The molecule has 260 valence electrons. The van der Waals surface area contributed by atoms with Gasteiger partial charge < -0.3 is 34.1 Å². The molecule has 3 aromatic rings. The first-order chi connectivity index (χ1) is 24.0. The maximum atomic E-state index is 13.2. The van der Waals surface area contributed by atoms with Gasteiger partial charge in [-0.1, -0.05) is 60.7 Å². The van der Waals surface area contributed by atoms with Crippen LogP contribution in [0.1, 0.15) is 36.8 Å². The third-order valence-corrected chi connectivity index (χ3v) is 9.94. The summed E-state index contributed by atoms with van der Waals surface area (Å²) in [4.78, 5) is 30.9. The molecule has 4 fully saturated rings. The number of nitrogens with one attached hydrogen (secondary N) is 2. The summed E-state index contributed by atoms with van der Waals surface area (Å²) in [6, 6.07) is 22.5. The Labute approximate surface area is 286 Å². The van der Waals surface area contributed by atoms with Crippen LogP contribution in [0.2, 0.25) is 0 Å². The van der Waals surface area contributed by atoms with Crippen molar-refractivity contribution in [2.45, 2.75) is 75.4 Å². The predicted octanol–water partition coefficient (Wildman–Crippen LogP) is 4.22. The Morgan fingerprint density at radius 3 is 2.51 bits per heavy atom. The summed E-state index contributed by atoms with van der Waals surface area (Å²) in [5.74, 6) is 0.407. The summed E-state index contributed by atoms with van der Waals surface area (Å²) < 4.78 is 28.6. The number of ether oxygens (including phenoxy) is 5. The van der Waals surface area contributed by atoms with Crippen LogP contribution in [0.4, 0.5) is 9.59 Å². The van der Waals surface area contributed by atoms with E-state index < -0.39 is 30.4 Å². The predicted molar refractivity (Wildman–Crippen MR) is 178 cm³/mol. The van der Waals surface area contributed by atoms with Gasteiger partial charge >= 0.3 is 12.2 Å². The van der Waals surface area contributed by atoms with Gasteiger partial charge in [-0.2, -0.15) is 0 Å². The normalized spacial score (nSPS) is 26.9. The van der Waals surface area contributed by atoms with Crippen molar-refractivity contribution in [2.75, 3.05) is 26.4 Å².